The van der Waals surface area contributed by atoms with E-state index >= 15 is 0 Å². The molecular weight excluding hydrogens is 334 g/mol. The molecule has 0 saturated heterocycles. The van der Waals surface area contributed by atoms with Gasteiger partial charge in [0.15, 0.2) is 0 Å². The number of methoxy groups -OCH3 is 1. The summed E-state index contributed by atoms with van der Waals surface area (Å²) in [4.78, 5) is 25.9. The normalized spacial score (nSPS) is 11.6. The van der Waals surface area contributed by atoms with Crippen molar-refractivity contribution >= 4 is 34.8 Å². The van der Waals surface area contributed by atoms with Crippen LogP contribution in [0.5, 0.6) is 0 Å². The number of pyridine rings is 1. The van der Waals surface area contributed by atoms with Gasteiger partial charge in [0, 0.05) is 18.0 Å². The Balaban J connectivity index is 2.12. The molecule has 8 heteroatoms. The van der Waals surface area contributed by atoms with E-state index < -0.39 is 4.92 Å². The van der Waals surface area contributed by atoms with Crippen LogP contribution < -0.4 is 5.32 Å². The number of halogens is 1. The highest BCUT2D eigenvalue weighted by Gasteiger charge is 2.17. The number of hydrogen-bond donors (Lipinski definition) is 1. The largest absolute Gasteiger partial charge is 0.469 e. The molecule has 1 aromatic heterocycles. The van der Waals surface area contributed by atoms with E-state index in [2.05, 4.69) is 10.3 Å². The number of ether oxygens (including phenoxy) is 1. The van der Waals surface area contributed by atoms with Crippen LogP contribution in [-0.2, 0) is 16.0 Å². The lowest BCUT2D eigenvalue weighted by Gasteiger charge is -2.10. The third kappa shape index (κ3) is 4.42. The number of anilines is 2. The summed E-state index contributed by atoms with van der Waals surface area (Å²) in [5.74, 6) is -0.397. The number of esters is 1. The lowest BCUT2D eigenvalue weighted by molar-refractivity contribution is -0.384. The first-order valence-electron chi connectivity index (χ1n) is 7.14. The summed E-state index contributed by atoms with van der Waals surface area (Å²) in [6.45, 7) is 1.79. The van der Waals surface area contributed by atoms with Crippen LogP contribution in [0.3, 0.4) is 0 Å². The lowest BCUT2D eigenvalue weighted by atomic mass is 10.0. The second-order valence-electron chi connectivity index (χ2n) is 5.23. The van der Waals surface area contributed by atoms with E-state index in [1.165, 1.54) is 19.4 Å². The zero-order valence-electron chi connectivity index (χ0n) is 13.2. The van der Waals surface area contributed by atoms with Gasteiger partial charge in [0.1, 0.15) is 0 Å². The second kappa shape index (κ2) is 7.74. The number of carbonyl (C=O) groups is 1. The molecule has 24 heavy (non-hydrogen) atoms. The van der Waals surface area contributed by atoms with Crippen LogP contribution in [0.4, 0.5) is 17.2 Å². The summed E-state index contributed by atoms with van der Waals surface area (Å²) < 4.78 is 4.70. The van der Waals surface area contributed by atoms with Gasteiger partial charge in [-0.05, 0) is 24.1 Å². The molecule has 7 nitrogen and oxygen atoms in total. The highest BCUT2D eigenvalue weighted by Crippen LogP contribution is 2.28. The van der Waals surface area contributed by atoms with Crippen molar-refractivity contribution in [2.75, 3.05) is 12.4 Å². The van der Waals surface area contributed by atoms with Crippen molar-refractivity contribution in [2.24, 2.45) is 5.92 Å². The monoisotopic (exact) mass is 349 g/mol. The van der Waals surface area contributed by atoms with Gasteiger partial charge in [0.05, 0.1) is 23.0 Å². The van der Waals surface area contributed by atoms with Crippen molar-refractivity contribution in [1.29, 1.82) is 0 Å². The molecule has 0 radical (unpaired) electrons. The first-order chi connectivity index (χ1) is 11.4. The Hall–Kier alpha value is -2.67. The Kier molecular flexibility index (Phi) is 5.70. The molecule has 0 spiro atoms. The fourth-order valence-electron chi connectivity index (χ4n) is 2.16. The van der Waals surface area contributed by atoms with Gasteiger partial charge in [-0.2, -0.15) is 0 Å². The SMILES string of the molecule is COC(=O)C(C)Cc1ccc(Nc2ncc(Cl)cc2[N+](=O)[O-])cc1. The maximum absolute atomic E-state index is 11.4. The molecule has 0 aliphatic rings. The number of nitrogens with zero attached hydrogens (tertiary/aromatic N) is 2. The number of hydrogen-bond acceptors (Lipinski definition) is 6. The van der Waals surface area contributed by atoms with Crippen molar-refractivity contribution in [1.82, 2.24) is 4.98 Å². The zero-order chi connectivity index (χ0) is 17.7. The highest BCUT2D eigenvalue weighted by molar-refractivity contribution is 6.30. The van der Waals surface area contributed by atoms with Gasteiger partial charge >= 0.3 is 11.7 Å². The first kappa shape index (κ1) is 17.7. The van der Waals surface area contributed by atoms with Crippen LogP contribution >= 0.6 is 11.6 Å². The van der Waals surface area contributed by atoms with Crippen molar-refractivity contribution in [3.63, 3.8) is 0 Å². The minimum atomic E-state index is -0.548. The molecule has 0 aliphatic carbocycles. The Bertz CT molecular complexity index is 749. The number of rotatable bonds is 6. The molecule has 1 heterocycles. The van der Waals surface area contributed by atoms with Crippen LogP contribution in [0.25, 0.3) is 0 Å². The van der Waals surface area contributed by atoms with Crippen LogP contribution in [0.1, 0.15) is 12.5 Å². The van der Waals surface area contributed by atoms with Crippen molar-refractivity contribution in [3.8, 4) is 0 Å². The van der Waals surface area contributed by atoms with Crippen LogP contribution in [0.2, 0.25) is 5.02 Å². The maximum atomic E-state index is 11.4. The summed E-state index contributed by atoms with van der Waals surface area (Å²) in [6, 6.07) is 8.44. The molecule has 0 bridgehead atoms. The molecular formula is C16H16ClN3O4. The minimum Gasteiger partial charge on any atom is -0.469 e. The standard InChI is InChI=1S/C16H16ClN3O4/c1-10(16(21)24-2)7-11-3-5-13(6-4-11)19-15-14(20(22)23)8-12(17)9-18-15/h3-6,8-10H,7H2,1-2H3,(H,18,19). The van der Waals surface area contributed by atoms with E-state index in [9.17, 15) is 14.9 Å². The Morgan fingerprint density at radius 3 is 2.67 bits per heavy atom. The quantitative estimate of drug-likeness (QED) is 0.485. The van der Waals surface area contributed by atoms with Crippen LogP contribution in [0.15, 0.2) is 36.5 Å². The lowest BCUT2D eigenvalue weighted by Crippen LogP contribution is -2.15. The molecule has 0 saturated carbocycles. The van der Waals surface area contributed by atoms with Crippen molar-refractivity contribution in [3.05, 3.63) is 57.2 Å². The molecule has 0 fully saturated rings. The summed E-state index contributed by atoms with van der Waals surface area (Å²) in [5, 5.41) is 14.1. The van der Waals surface area contributed by atoms with Crippen molar-refractivity contribution < 1.29 is 14.5 Å². The Labute approximate surface area is 143 Å². The first-order valence-corrected chi connectivity index (χ1v) is 7.52. The minimum absolute atomic E-state index is 0.111. The predicted molar refractivity (Wildman–Crippen MR) is 90.5 cm³/mol. The van der Waals surface area contributed by atoms with Crippen molar-refractivity contribution in [2.45, 2.75) is 13.3 Å². The number of nitrogens with one attached hydrogen (secondary N) is 1. The Morgan fingerprint density at radius 1 is 1.42 bits per heavy atom. The third-order valence-corrected chi connectivity index (χ3v) is 3.60. The summed E-state index contributed by atoms with van der Waals surface area (Å²) in [5.41, 5.74) is 1.39. The average Bonchev–Trinajstić information content (AvgIpc) is 2.57. The fourth-order valence-corrected chi connectivity index (χ4v) is 2.32. The summed E-state index contributed by atoms with van der Waals surface area (Å²) >= 11 is 5.74. The number of carbonyl (C=O) groups excluding carboxylic acids is 1. The van der Waals surface area contributed by atoms with Gasteiger partial charge in [-0.25, -0.2) is 4.98 Å². The molecule has 0 aliphatic heterocycles. The molecule has 2 rings (SSSR count). The topological polar surface area (TPSA) is 94.4 Å². The van der Waals surface area contributed by atoms with E-state index in [0.29, 0.717) is 12.1 Å². The maximum Gasteiger partial charge on any atom is 0.313 e. The number of benzene rings is 1. The average molecular weight is 350 g/mol. The second-order valence-corrected chi connectivity index (χ2v) is 5.67. The van der Waals surface area contributed by atoms with Crippen LogP contribution in [-0.4, -0.2) is 23.0 Å². The fraction of sp³-hybridized carbons (Fsp3) is 0.250. The highest BCUT2D eigenvalue weighted by atomic mass is 35.5. The molecule has 1 atom stereocenters. The predicted octanol–water partition coefficient (Wildman–Crippen LogP) is 3.74. The third-order valence-electron chi connectivity index (χ3n) is 3.39. The molecule has 126 valence electrons. The smallest absolute Gasteiger partial charge is 0.313 e. The zero-order valence-corrected chi connectivity index (χ0v) is 13.9. The van der Waals surface area contributed by atoms with E-state index in [1.54, 1.807) is 19.1 Å². The van der Waals surface area contributed by atoms with Gasteiger partial charge in [0.25, 0.3) is 0 Å². The summed E-state index contributed by atoms with van der Waals surface area (Å²) in [7, 11) is 1.36. The van der Waals surface area contributed by atoms with Gasteiger partial charge in [0.2, 0.25) is 5.82 Å². The molecule has 1 aromatic carbocycles. The van der Waals surface area contributed by atoms with Crippen LogP contribution in [0, 0.1) is 16.0 Å². The van der Waals surface area contributed by atoms with E-state index in [4.69, 9.17) is 16.3 Å². The van der Waals surface area contributed by atoms with E-state index in [0.717, 1.165) is 5.56 Å². The van der Waals surface area contributed by atoms with Gasteiger partial charge in [-0.1, -0.05) is 30.7 Å². The van der Waals surface area contributed by atoms with Gasteiger partial charge in [-0.15, -0.1) is 0 Å². The van der Waals surface area contributed by atoms with Gasteiger partial charge in [-0.3, -0.25) is 14.9 Å². The van der Waals surface area contributed by atoms with Gasteiger partial charge < -0.3 is 10.1 Å². The molecule has 2 aromatic rings. The molecule has 1 N–H and O–H groups in total. The number of nitro groups is 1. The summed E-state index contributed by atoms with van der Waals surface area (Å²) in [6.07, 6.45) is 1.88. The molecule has 0 amide bonds. The number of aromatic nitrogens is 1. The Morgan fingerprint density at radius 2 is 2.08 bits per heavy atom. The molecule has 1 unspecified atom stereocenters. The van der Waals surface area contributed by atoms with E-state index in [-0.39, 0.29) is 28.4 Å². The van der Waals surface area contributed by atoms with E-state index in [1.807, 2.05) is 12.1 Å².